The number of carbonyl (C=O) groups excluding carboxylic acids is 5. The molecule has 1 aliphatic rings. The average Bonchev–Trinajstić information content (AvgIpc) is 2.51. The Labute approximate surface area is 129 Å². The van der Waals surface area contributed by atoms with Gasteiger partial charge in [-0.1, -0.05) is 31.0 Å². The van der Waals surface area contributed by atoms with Gasteiger partial charge in [0.05, 0.1) is 5.56 Å². The number of thiol groups is 1. The summed E-state index contributed by atoms with van der Waals surface area (Å²) in [5.41, 5.74) is -0.0540. The lowest BCUT2D eigenvalue weighted by Gasteiger charge is -2.30. The molecule has 0 spiro atoms. The lowest BCUT2D eigenvalue weighted by molar-refractivity contribution is -0.163. The molecule has 1 saturated heterocycles. The summed E-state index contributed by atoms with van der Waals surface area (Å²) in [6.45, 7) is 0. The number of hydrogen-bond acceptors (Lipinski definition) is 7. The summed E-state index contributed by atoms with van der Waals surface area (Å²) < 4.78 is 0.440. The van der Waals surface area contributed by atoms with E-state index in [1.165, 1.54) is 24.3 Å². The van der Waals surface area contributed by atoms with Crippen LogP contribution in [0.4, 0.5) is 4.79 Å². The van der Waals surface area contributed by atoms with Crippen molar-refractivity contribution in [2.75, 3.05) is 0 Å². The van der Waals surface area contributed by atoms with Crippen LogP contribution in [0.1, 0.15) is 20.7 Å². The Bertz CT molecular complexity index is 691. The summed E-state index contributed by atoms with van der Waals surface area (Å²) in [5.74, 6) is -3.37. The minimum atomic E-state index is -1.85. The maximum absolute atomic E-state index is 12.3. The molecule has 10 heteroatoms. The molecule has 1 aromatic rings. The first-order valence-corrected chi connectivity index (χ1v) is 6.22. The molecule has 2 N–H and O–H groups in total. The second-order valence-corrected chi connectivity index (χ2v) is 4.63. The number of benzene rings is 1. The number of rotatable bonds is 3. The summed E-state index contributed by atoms with van der Waals surface area (Å²) in [4.78, 5) is 57.7. The van der Waals surface area contributed by atoms with Crippen molar-refractivity contribution in [3.63, 3.8) is 0 Å². The lowest BCUT2D eigenvalue weighted by Crippen LogP contribution is -2.63. The zero-order chi connectivity index (χ0) is 16.4. The number of hydrogen-bond donors (Lipinski definition) is 3. The molecular formula is C12H9N3O6S. The summed E-state index contributed by atoms with van der Waals surface area (Å²) in [5, 5.41) is 10.6. The number of aldehydes is 1. The van der Waals surface area contributed by atoms with Gasteiger partial charge in [-0.2, -0.15) is 0 Å². The molecule has 1 unspecified atom stereocenters. The Morgan fingerprint density at radius 1 is 1.32 bits per heavy atom. The van der Waals surface area contributed by atoms with Gasteiger partial charge >= 0.3 is 6.03 Å². The van der Waals surface area contributed by atoms with Crippen LogP contribution in [0.2, 0.25) is 0 Å². The Balaban J connectivity index is 2.34. The van der Waals surface area contributed by atoms with E-state index in [4.69, 9.17) is 0 Å². The number of nitrogens with one attached hydrogen (secondary N) is 1. The van der Waals surface area contributed by atoms with Crippen LogP contribution in [0.5, 0.6) is 0 Å². The van der Waals surface area contributed by atoms with Crippen LogP contribution in [-0.2, 0) is 9.59 Å². The number of amides is 5. The predicted octanol–water partition coefficient (Wildman–Crippen LogP) is -0.378. The van der Waals surface area contributed by atoms with Gasteiger partial charge in [0.1, 0.15) is 0 Å². The number of hydroxylamine groups is 2. The normalized spacial score (nSPS) is 18.0. The zero-order valence-electron chi connectivity index (χ0n) is 10.8. The molecule has 9 nitrogen and oxygen atoms in total. The van der Waals surface area contributed by atoms with Gasteiger partial charge in [-0.3, -0.25) is 34.0 Å². The highest BCUT2D eigenvalue weighted by Gasteiger charge is 2.45. The predicted molar refractivity (Wildman–Crippen MR) is 72.9 cm³/mol. The number of imide groups is 2. The topological polar surface area (TPSA) is 124 Å². The summed E-state index contributed by atoms with van der Waals surface area (Å²) in [6, 6.07) is 2.50. The smallest absolute Gasteiger partial charge is 0.298 e. The fraction of sp³-hybridized carbons (Fsp3) is 0.0833. The third-order valence-electron chi connectivity index (χ3n) is 2.88. The van der Waals surface area contributed by atoms with Crippen molar-refractivity contribution in [1.29, 1.82) is 0 Å². The van der Waals surface area contributed by atoms with E-state index in [1.807, 2.05) is 0 Å². The van der Waals surface area contributed by atoms with Crippen molar-refractivity contribution in [3.8, 4) is 0 Å². The van der Waals surface area contributed by atoms with Crippen LogP contribution < -0.4 is 5.32 Å². The van der Waals surface area contributed by atoms with E-state index in [1.54, 1.807) is 5.32 Å². The molecule has 22 heavy (non-hydrogen) atoms. The first-order valence-electron chi connectivity index (χ1n) is 5.82. The molecule has 0 aliphatic carbocycles. The van der Waals surface area contributed by atoms with E-state index in [0.29, 0.717) is 10.6 Å². The molecule has 1 aromatic carbocycles. The second kappa shape index (κ2) is 5.95. The SMILES string of the molecule is O=Cc1ccccc1C(=O)N(S)C1C(=O)NC(=O)N(O)C1=O. The van der Waals surface area contributed by atoms with E-state index in [9.17, 15) is 29.2 Å². The van der Waals surface area contributed by atoms with Crippen molar-refractivity contribution in [2.45, 2.75) is 6.04 Å². The maximum Gasteiger partial charge on any atom is 0.355 e. The molecule has 5 amide bonds. The van der Waals surface area contributed by atoms with Crippen molar-refractivity contribution in [3.05, 3.63) is 35.4 Å². The van der Waals surface area contributed by atoms with Crippen LogP contribution in [0, 0.1) is 0 Å². The molecule has 114 valence electrons. The van der Waals surface area contributed by atoms with Crippen molar-refractivity contribution < 1.29 is 29.2 Å². The van der Waals surface area contributed by atoms with E-state index < -0.39 is 29.8 Å². The average molecular weight is 323 g/mol. The van der Waals surface area contributed by atoms with Gasteiger partial charge in [-0.25, -0.2) is 4.79 Å². The molecule has 1 atom stereocenters. The monoisotopic (exact) mass is 323 g/mol. The van der Waals surface area contributed by atoms with Crippen molar-refractivity contribution >= 4 is 42.9 Å². The molecule has 1 aliphatic heterocycles. The molecule has 0 saturated carbocycles. The Kier molecular flexibility index (Phi) is 4.24. The van der Waals surface area contributed by atoms with Gasteiger partial charge in [0.25, 0.3) is 17.7 Å². The van der Waals surface area contributed by atoms with Crippen LogP contribution in [0.15, 0.2) is 24.3 Å². The lowest BCUT2D eigenvalue weighted by atomic mass is 10.1. The fourth-order valence-corrected chi connectivity index (χ4v) is 2.12. The van der Waals surface area contributed by atoms with E-state index >= 15 is 0 Å². The summed E-state index contributed by atoms with van der Waals surface area (Å²) >= 11 is 3.79. The fourth-order valence-electron chi connectivity index (χ4n) is 1.81. The minimum Gasteiger partial charge on any atom is -0.298 e. The van der Waals surface area contributed by atoms with Gasteiger partial charge < -0.3 is 0 Å². The zero-order valence-corrected chi connectivity index (χ0v) is 11.7. The summed E-state index contributed by atoms with van der Waals surface area (Å²) in [7, 11) is 0. The molecule has 0 aromatic heterocycles. The second-order valence-electron chi connectivity index (χ2n) is 4.20. The van der Waals surface area contributed by atoms with Crippen LogP contribution in [-0.4, -0.2) is 50.7 Å². The molecular weight excluding hydrogens is 314 g/mol. The number of barbiturate groups is 1. The third-order valence-corrected chi connectivity index (χ3v) is 3.30. The van der Waals surface area contributed by atoms with E-state index in [2.05, 4.69) is 12.8 Å². The van der Waals surface area contributed by atoms with Gasteiger partial charge in [-0.15, -0.1) is 5.06 Å². The van der Waals surface area contributed by atoms with Crippen LogP contribution >= 0.6 is 12.8 Å². The highest BCUT2D eigenvalue weighted by Crippen LogP contribution is 2.17. The molecule has 2 rings (SSSR count). The van der Waals surface area contributed by atoms with Gasteiger partial charge in [-0.05, 0) is 6.07 Å². The number of urea groups is 1. The minimum absolute atomic E-state index is 0.0344. The number of carbonyl (C=O) groups is 5. The van der Waals surface area contributed by atoms with E-state index in [-0.39, 0.29) is 16.2 Å². The first-order chi connectivity index (χ1) is 10.4. The van der Waals surface area contributed by atoms with Gasteiger partial charge in [0.2, 0.25) is 6.04 Å². The van der Waals surface area contributed by atoms with Crippen molar-refractivity contribution in [1.82, 2.24) is 14.7 Å². The largest absolute Gasteiger partial charge is 0.355 e. The summed E-state index contributed by atoms with van der Waals surface area (Å²) in [6.07, 6.45) is 0.430. The Hall–Kier alpha value is -2.72. The van der Waals surface area contributed by atoms with Gasteiger partial charge in [0, 0.05) is 5.56 Å². The van der Waals surface area contributed by atoms with Gasteiger partial charge in [0.15, 0.2) is 6.29 Å². The third kappa shape index (κ3) is 2.56. The molecule has 0 radical (unpaired) electrons. The quantitative estimate of drug-likeness (QED) is 0.301. The Morgan fingerprint density at radius 2 is 1.95 bits per heavy atom. The van der Waals surface area contributed by atoms with Crippen LogP contribution in [0.3, 0.4) is 0 Å². The van der Waals surface area contributed by atoms with E-state index in [0.717, 1.165) is 0 Å². The maximum atomic E-state index is 12.3. The molecule has 0 bridgehead atoms. The van der Waals surface area contributed by atoms with Crippen LogP contribution in [0.25, 0.3) is 0 Å². The number of nitrogens with zero attached hydrogens (tertiary/aromatic N) is 2. The standard InChI is InChI=1S/C12H9N3O6S/c16-5-6-3-1-2-4-7(6)10(18)15(22)8-9(17)13-12(20)14(21)11(8)19/h1-5,8,21-22H,(H,13,17,20). The van der Waals surface area contributed by atoms with Crippen molar-refractivity contribution in [2.24, 2.45) is 0 Å². The first kappa shape index (κ1) is 15.7. The molecule has 1 fully saturated rings. The highest BCUT2D eigenvalue weighted by molar-refractivity contribution is 7.78. The molecule has 1 heterocycles. The Morgan fingerprint density at radius 3 is 2.59 bits per heavy atom. The highest BCUT2D eigenvalue weighted by atomic mass is 32.1.